The van der Waals surface area contributed by atoms with Crippen molar-refractivity contribution >= 4 is 22.6 Å². The molecule has 0 aromatic rings. The van der Waals surface area contributed by atoms with E-state index in [4.69, 9.17) is 0 Å². The van der Waals surface area contributed by atoms with Crippen LogP contribution in [0.5, 0.6) is 0 Å². The molecule has 0 heterocycles. The minimum absolute atomic E-state index is 0.0727. The fraction of sp³-hybridized carbons (Fsp3) is 1.00. The molecule has 0 aromatic carbocycles. The van der Waals surface area contributed by atoms with Crippen molar-refractivity contribution in [3.8, 4) is 0 Å². The van der Waals surface area contributed by atoms with Gasteiger partial charge in [-0.3, -0.25) is 0 Å². The van der Waals surface area contributed by atoms with E-state index in [1.165, 1.54) is 0 Å². The number of ether oxygens (including phenoxy) is 1. The molecule has 0 aliphatic rings. The third-order valence-corrected chi connectivity index (χ3v) is 1.51. The van der Waals surface area contributed by atoms with Gasteiger partial charge in [0, 0.05) is 0 Å². The Hall–Kier alpha value is 0.0600. The number of hydrogen-bond donors (Lipinski definition) is 0. The maximum Gasteiger partial charge on any atom is 0.525 e. The van der Waals surface area contributed by atoms with Gasteiger partial charge in [0.1, 0.15) is 0 Å². The summed E-state index contributed by atoms with van der Waals surface area (Å²) in [5.41, 5.74) is 0. The standard InChI is InChI=1S/C5H2F9IO/c6-2(4(9,10)11,1-3(7,8)15)16-5(12,13)14/h1H2. The van der Waals surface area contributed by atoms with Crippen molar-refractivity contribution in [2.45, 2.75) is 28.7 Å². The molecule has 11 heteroatoms. The average molecular weight is 376 g/mol. The monoisotopic (exact) mass is 376 g/mol. The Kier molecular flexibility index (Phi) is 4.40. The second-order valence-electron chi connectivity index (χ2n) is 2.57. The minimum Gasteiger partial charge on any atom is -0.245 e. The van der Waals surface area contributed by atoms with Gasteiger partial charge in [-0.1, -0.05) is 0 Å². The summed E-state index contributed by atoms with van der Waals surface area (Å²) in [5.74, 6) is -5.48. The molecule has 0 aliphatic heterocycles. The predicted molar refractivity (Wildman–Crippen MR) is 40.6 cm³/mol. The molecule has 0 aliphatic carbocycles. The highest BCUT2D eigenvalue weighted by Crippen LogP contribution is 2.47. The second-order valence-corrected chi connectivity index (χ2v) is 4.14. The highest BCUT2D eigenvalue weighted by Gasteiger charge is 2.65. The third kappa shape index (κ3) is 5.41. The zero-order valence-electron chi connectivity index (χ0n) is 6.89. The zero-order valence-corrected chi connectivity index (χ0v) is 9.05. The van der Waals surface area contributed by atoms with Gasteiger partial charge in [0.25, 0.3) is 0 Å². The van der Waals surface area contributed by atoms with Crippen molar-refractivity contribution < 1.29 is 44.3 Å². The number of halogens is 10. The fourth-order valence-corrected chi connectivity index (χ4v) is 1.13. The van der Waals surface area contributed by atoms with Crippen LogP contribution in [0.2, 0.25) is 0 Å². The van der Waals surface area contributed by atoms with Crippen LogP contribution in [0.1, 0.15) is 6.42 Å². The van der Waals surface area contributed by atoms with E-state index in [1.807, 2.05) is 0 Å². The number of hydrogen-bond acceptors (Lipinski definition) is 1. The van der Waals surface area contributed by atoms with E-state index in [1.54, 1.807) is 0 Å². The summed E-state index contributed by atoms with van der Waals surface area (Å²) < 4.78 is 105. The van der Waals surface area contributed by atoms with Gasteiger partial charge >= 0.3 is 22.3 Å². The topological polar surface area (TPSA) is 9.23 Å². The van der Waals surface area contributed by atoms with E-state index >= 15 is 0 Å². The van der Waals surface area contributed by atoms with Crippen LogP contribution in [0.25, 0.3) is 0 Å². The van der Waals surface area contributed by atoms with Crippen LogP contribution in [-0.4, -0.2) is 22.3 Å². The summed E-state index contributed by atoms with van der Waals surface area (Å²) in [6.45, 7) is 0. The first-order valence-corrected chi connectivity index (χ1v) is 4.33. The smallest absolute Gasteiger partial charge is 0.245 e. The van der Waals surface area contributed by atoms with Crippen LogP contribution < -0.4 is 0 Å². The lowest BCUT2D eigenvalue weighted by molar-refractivity contribution is -0.452. The summed E-state index contributed by atoms with van der Waals surface area (Å²) in [6, 6.07) is 0. The summed E-state index contributed by atoms with van der Waals surface area (Å²) in [7, 11) is 0. The van der Waals surface area contributed by atoms with E-state index in [0.29, 0.717) is 0 Å². The van der Waals surface area contributed by atoms with Gasteiger partial charge in [-0.05, 0) is 22.6 Å². The quantitative estimate of drug-likeness (QED) is 0.408. The molecule has 0 N–H and O–H groups in total. The molecule has 0 spiro atoms. The van der Waals surface area contributed by atoms with Gasteiger partial charge in [0.15, 0.2) is 0 Å². The molecule has 0 radical (unpaired) electrons. The molecule has 0 rings (SSSR count). The highest BCUT2D eigenvalue weighted by molar-refractivity contribution is 14.1. The second kappa shape index (κ2) is 4.38. The summed E-state index contributed by atoms with van der Waals surface area (Å²) >= 11 is 0.0727. The molecule has 0 aromatic heterocycles. The fourth-order valence-electron chi connectivity index (χ4n) is 0.635. The molecular weight excluding hydrogens is 374 g/mol. The van der Waals surface area contributed by atoms with Crippen LogP contribution in [0.4, 0.5) is 39.5 Å². The first-order valence-electron chi connectivity index (χ1n) is 3.26. The maximum atomic E-state index is 12.7. The number of alkyl halides is 10. The average Bonchev–Trinajstić information content (AvgIpc) is 1.72. The largest absolute Gasteiger partial charge is 0.525 e. The van der Waals surface area contributed by atoms with Crippen molar-refractivity contribution in [2.75, 3.05) is 0 Å². The van der Waals surface area contributed by atoms with Crippen molar-refractivity contribution in [1.82, 2.24) is 0 Å². The lowest BCUT2D eigenvalue weighted by atomic mass is 10.2. The Balaban J connectivity index is 5.07. The van der Waals surface area contributed by atoms with Crippen LogP contribution in [0, 0.1) is 0 Å². The molecule has 0 fully saturated rings. The van der Waals surface area contributed by atoms with Crippen LogP contribution in [-0.2, 0) is 4.74 Å². The molecule has 0 saturated carbocycles. The van der Waals surface area contributed by atoms with Crippen molar-refractivity contribution in [1.29, 1.82) is 0 Å². The Morgan fingerprint density at radius 1 is 0.812 bits per heavy atom. The van der Waals surface area contributed by atoms with Crippen LogP contribution in [0.15, 0.2) is 0 Å². The number of rotatable bonds is 3. The lowest BCUT2D eigenvalue weighted by Crippen LogP contribution is -2.49. The van der Waals surface area contributed by atoms with Crippen molar-refractivity contribution in [3.63, 3.8) is 0 Å². The maximum absolute atomic E-state index is 12.7. The lowest BCUT2D eigenvalue weighted by Gasteiger charge is -2.29. The van der Waals surface area contributed by atoms with Gasteiger partial charge in [-0.15, -0.1) is 13.2 Å². The molecule has 0 bridgehead atoms. The minimum atomic E-state index is -6.23. The van der Waals surface area contributed by atoms with Gasteiger partial charge in [0.2, 0.25) is 0 Å². The van der Waals surface area contributed by atoms with Crippen LogP contribution >= 0.6 is 22.6 Å². The molecule has 98 valence electrons. The van der Waals surface area contributed by atoms with E-state index in [2.05, 4.69) is 4.74 Å². The predicted octanol–water partition coefficient (Wildman–Crippen LogP) is 4.17. The summed E-state index contributed by atoms with van der Waals surface area (Å²) in [5, 5.41) is 0. The van der Waals surface area contributed by atoms with Crippen LogP contribution in [0.3, 0.4) is 0 Å². The zero-order chi connectivity index (χ0) is 13.4. The van der Waals surface area contributed by atoms with Gasteiger partial charge in [-0.25, -0.2) is 9.13 Å². The first kappa shape index (κ1) is 16.1. The SMILES string of the molecule is FC(F)(I)CC(F)(OC(F)(F)F)C(F)(F)F. The van der Waals surface area contributed by atoms with E-state index in [-0.39, 0.29) is 22.6 Å². The van der Waals surface area contributed by atoms with Gasteiger partial charge in [0.05, 0.1) is 6.42 Å². The van der Waals surface area contributed by atoms with E-state index in [9.17, 15) is 39.5 Å². The molecule has 1 nitrogen and oxygen atoms in total. The molecule has 0 amide bonds. The molecule has 0 saturated heterocycles. The van der Waals surface area contributed by atoms with Gasteiger partial charge in [-0.2, -0.15) is 22.0 Å². The van der Waals surface area contributed by atoms with E-state index in [0.717, 1.165) is 0 Å². The van der Waals surface area contributed by atoms with Crippen molar-refractivity contribution in [2.24, 2.45) is 0 Å². The molecule has 1 atom stereocenters. The Labute approximate surface area is 96.1 Å². The Morgan fingerprint density at radius 3 is 1.38 bits per heavy atom. The Bertz CT molecular complexity index is 222. The first-order chi connectivity index (χ1) is 6.66. The third-order valence-electron chi connectivity index (χ3n) is 1.13. The molecular formula is C5H2F9IO. The summed E-state index contributed by atoms with van der Waals surface area (Å²) in [4.78, 5) is 0. The van der Waals surface area contributed by atoms with Crippen molar-refractivity contribution in [3.05, 3.63) is 0 Å². The normalized spacial score (nSPS) is 18.4. The molecule has 1 unspecified atom stereocenters. The summed E-state index contributed by atoms with van der Waals surface area (Å²) in [6.07, 6.45) is -15.0. The van der Waals surface area contributed by atoms with E-state index < -0.39 is 28.7 Å². The molecule has 16 heavy (non-hydrogen) atoms. The van der Waals surface area contributed by atoms with Gasteiger partial charge < -0.3 is 0 Å². The highest BCUT2D eigenvalue weighted by atomic mass is 127. The Morgan fingerprint density at radius 2 is 1.19 bits per heavy atom.